The van der Waals surface area contributed by atoms with Gasteiger partial charge in [0.2, 0.25) is 0 Å². The Kier molecular flexibility index (Phi) is 19.5. The predicted molar refractivity (Wildman–Crippen MR) is 76.4 cm³/mol. The van der Waals surface area contributed by atoms with Crippen molar-refractivity contribution in [1.29, 1.82) is 0 Å². The number of benzene rings is 1. The quantitative estimate of drug-likeness (QED) is 0.601. The largest absolute Gasteiger partial charge is 0.400 e. The molecule has 0 aliphatic rings. The Morgan fingerprint density at radius 1 is 1.00 bits per heavy atom. The van der Waals surface area contributed by atoms with Crippen molar-refractivity contribution in [3.05, 3.63) is 40.4 Å². The van der Waals surface area contributed by atoms with Crippen LogP contribution in [0, 0.1) is 6.92 Å². The van der Waals surface area contributed by atoms with Crippen molar-refractivity contribution in [2.75, 3.05) is 21.3 Å². The molecule has 2 aromatic carbocycles. The van der Waals surface area contributed by atoms with Crippen LogP contribution in [0.5, 0.6) is 0 Å². The summed E-state index contributed by atoms with van der Waals surface area (Å²) in [6, 6.07) is 10.7. The van der Waals surface area contributed by atoms with Crippen molar-refractivity contribution in [3.63, 3.8) is 0 Å². The van der Waals surface area contributed by atoms with Gasteiger partial charge in [0, 0.05) is 47.5 Å². The Labute approximate surface area is 136 Å². The zero-order valence-corrected chi connectivity index (χ0v) is 15.2. The molecule has 2 rings (SSSR count). The molecule has 0 heterocycles. The van der Waals surface area contributed by atoms with Crippen molar-refractivity contribution in [2.45, 2.75) is 6.92 Å². The van der Waals surface area contributed by atoms with Gasteiger partial charge in [0.25, 0.3) is 0 Å². The van der Waals surface area contributed by atoms with Gasteiger partial charge in [-0.05, 0) is 4.47 Å². The molecule has 5 heteroatoms. The molecule has 2 aromatic rings. The molecule has 0 aliphatic carbocycles. The van der Waals surface area contributed by atoms with Crippen LogP contribution in [0.2, 0.25) is 0 Å². The van der Waals surface area contributed by atoms with Gasteiger partial charge in [-0.1, -0.05) is 28.9 Å². The van der Waals surface area contributed by atoms with Gasteiger partial charge in [-0.25, -0.2) is 0 Å². The van der Waals surface area contributed by atoms with Gasteiger partial charge in [0.1, 0.15) is 0 Å². The van der Waals surface area contributed by atoms with Crippen LogP contribution in [0.1, 0.15) is 5.56 Å². The van der Waals surface area contributed by atoms with E-state index in [4.69, 9.17) is 15.3 Å². The van der Waals surface area contributed by atoms with Gasteiger partial charge in [0.05, 0.1) is 0 Å². The predicted octanol–water partition coefficient (Wildman–Crippen LogP) is 2.45. The van der Waals surface area contributed by atoms with Crippen molar-refractivity contribution in [3.8, 4) is 0 Å². The summed E-state index contributed by atoms with van der Waals surface area (Å²) in [5.41, 5.74) is 1.33. The number of aryl methyl sites for hydroxylation is 1. The van der Waals surface area contributed by atoms with E-state index in [1.807, 2.05) is 0 Å². The third-order valence-corrected chi connectivity index (χ3v) is 2.53. The summed E-state index contributed by atoms with van der Waals surface area (Å²) in [6.07, 6.45) is 0. The first kappa shape index (κ1) is 23.2. The Morgan fingerprint density at radius 2 is 1.50 bits per heavy atom. The second kappa shape index (κ2) is 15.1. The summed E-state index contributed by atoms with van der Waals surface area (Å²) < 4.78 is 1.18. The molecule has 0 fully saturated rings. The maximum atomic E-state index is 7.00. The Hall–Kier alpha value is 0.0731. The van der Waals surface area contributed by atoms with Crippen molar-refractivity contribution in [2.24, 2.45) is 0 Å². The van der Waals surface area contributed by atoms with E-state index in [9.17, 15) is 0 Å². The Morgan fingerprint density at radius 3 is 1.94 bits per heavy atom. The van der Waals surface area contributed by atoms with E-state index < -0.39 is 0 Å². The second-order valence-corrected chi connectivity index (χ2v) is 3.63. The fourth-order valence-corrected chi connectivity index (χ4v) is 1.84. The molecule has 0 saturated carbocycles. The summed E-state index contributed by atoms with van der Waals surface area (Å²) in [5, 5.41) is 23.6. The minimum absolute atomic E-state index is 0. The molecule has 0 atom stereocenters. The van der Waals surface area contributed by atoms with Gasteiger partial charge in [-0.3, -0.25) is 0 Å². The molecule has 3 N–H and O–H groups in total. The van der Waals surface area contributed by atoms with Crippen LogP contribution >= 0.6 is 15.9 Å². The fourth-order valence-electron chi connectivity index (χ4n) is 1.35. The van der Waals surface area contributed by atoms with Crippen molar-refractivity contribution in [1.82, 2.24) is 0 Å². The molecule has 3 nitrogen and oxygen atoms in total. The molecule has 0 unspecified atom stereocenters. The molecule has 0 amide bonds. The van der Waals surface area contributed by atoms with E-state index in [1.54, 1.807) is 0 Å². The maximum Gasteiger partial charge on any atom is 0.0319 e. The first-order chi connectivity index (χ1) is 8.27. The molecular formula is C13H20BrO3Zr-. The van der Waals surface area contributed by atoms with Crippen molar-refractivity contribution >= 4 is 26.7 Å². The number of hydrogen-bond donors (Lipinski definition) is 3. The number of aliphatic hydroxyl groups excluding tert-OH is 3. The number of rotatable bonds is 0. The van der Waals surface area contributed by atoms with E-state index in [0.717, 1.165) is 21.3 Å². The van der Waals surface area contributed by atoms with Crippen LogP contribution in [0.25, 0.3) is 10.8 Å². The van der Waals surface area contributed by atoms with Crippen LogP contribution < -0.4 is 0 Å². The van der Waals surface area contributed by atoms with E-state index in [2.05, 4.69) is 53.2 Å². The summed E-state index contributed by atoms with van der Waals surface area (Å²) in [7, 11) is 3.00. The van der Waals surface area contributed by atoms with Gasteiger partial charge in [-0.15, -0.1) is 34.5 Å². The van der Waals surface area contributed by atoms with Gasteiger partial charge in [-0.2, -0.15) is 6.07 Å². The third kappa shape index (κ3) is 7.50. The van der Waals surface area contributed by atoms with Gasteiger partial charge < -0.3 is 15.3 Å². The van der Waals surface area contributed by atoms with E-state index >= 15 is 0 Å². The standard InChI is InChI=1S/C10H8Br.3CH4O.Zr/c1-7-5-8-3-2-4-10(11)9(8)6-7;3*1-2;/h2-6H,1H3;3*2H,1H3;/q-1;;;;. The Bertz CT molecular complexity index is 402. The van der Waals surface area contributed by atoms with E-state index in [-0.39, 0.29) is 26.2 Å². The zero-order valence-electron chi connectivity index (χ0n) is 11.1. The molecule has 0 aliphatic heterocycles. The van der Waals surface area contributed by atoms with Crippen molar-refractivity contribution < 1.29 is 41.5 Å². The number of halogens is 1. The summed E-state index contributed by atoms with van der Waals surface area (Å²) in [4.78, 5) is 0. The first-order valence-corrected chi connectivity index (χ1v) is 5.72. The Balaban J connectivity index is -0.000000285. The average molecular weight is 395 g/mol. The fraction of sp³-hybridized carbons (Fsp3) is 0.308. The second-order valence-electron chi connectivity index (χ2n) is 2.78. The SMILES string of the molecule is CO.CO.CO.Cc1cc2c(Br)cccc2[cH-]1.[Zr]. The van der Waals surface area contributed by atoms with Crippen LogP contribution in [0.15, 0.2) is 34.8 Å². The summed E-state index contributed by atoms with van der Waals surface area (Å²) in [5.74, 6) is 0. The summed E-state index contributed by atoms with van der Waals surface area (Å²) in [6.45, 7) is 2.12. The average Bonchev–Trinajstić information content (AvgIpc) is 2.79. The normalized spacial score (nSPS) is 7.56. The topological polar surface area (TPSA) is 60.7 Å². The molecule has 0 bridgehead atoms. The molecule has 0 saturated heterocycles. The third-order valence-electron chi connectivity index (χ3n) is 1.84. The van der Waals surface area contributed by atoms with E-state index in [0.29, 0.717) is 0 Å². The van der Waals surface area contributed by atoms with Crippen LogP contribution in [0.3, 0.4) is 0 Å². The van der Waals surface area contributed by atoms with E-state index in [1.165, 1.54) is 20.8 Å². The molecule has 102 valence electrons. The maximum absolute atomic E-state index is 7.00. The number of fused-ring (bicyclic) bond motifs is 1. The zero-order chi connectivity index (χ0) is 13.8. The summed E-state index contributed by atoms with van der Waals surface area (Å²) >= 11 is 3.51. The molecular weight excluding hydrogens is 375 g/mol. The van der Waals surface area contributed by atoms with Crippen LogP contribution in [-0.4, -0.2) is 36.6 Å². The number of aliphatic hydroxyl groups is 3. The molecule has 0 radical (unpaired) electrons. The van der Waals surface area contributed by atoms with Crippen LogP contribution in [0.4, 0.5) is 0 Å². The van der Waals surface area contributed by atoms with Gasteiger partial charge >= 0.3 is 0 Å². The monoisotopic (exact) mass is 393 g/mol. The molecule has 0 spiro atoms. The minimum Gasteiger partial charge on any atom is -0.400 e. The van der Waals surface area contributed by atoms with Gasteiger partial charge in [0.15, 0.2) is 0 Å². The molecule has 18 heavy (non-hydrogen) atoms. The van der Waals surface area contributed by atoms with Crippen LogP contribution in [-0.2, 0) is 26.2 Å². The minimum atomic E-state index is 0. The number of hydrogen-bond acceptors (Lipinski definition) is 3. The smallest absolute Gasteiger partial charge is 0.0319 e. The molecule has 0 aromatic heterocycles. The first-order valence-electron chi connectivity index (χ1n) is 4.93.